The van der Waals surface area contributed by atoms with Crippen LogP contribution in [0.15, 0.2) is 36.5 Å². The van der Waals surface area contributed by atoms with Crippen LogP contribution in [0, 0.1) is 10.1 Å². The summed E-state index contributed by atoms with van der Waals surface area (Å²) in [6.45, 7) is 0.683. The minimum Gasteiger partial charge on any atom is -0.365 e. The number of benzene rings is 1. The Morgan fingerprint density at radius 2 is 2.14 bits per heavy atom. The van der Waals surface area contributed by atoms with E-state index in [1.807, 2.05) is 0 Å². The van der Waals surface area contributed by atoms with Gasteiger partial charge in [-0.05, 0) is 5.56 Å². The highest BCUT2D eigenvalue weighted by Crippen LogP contribution is 2.14. The number of rotatable bonds is 7. The van der Waals surface area contributed by atoms with Crippen molar-refractivity contribution >= 4 is 21.3 Å². The molecule has 0 saturated heterocycles. The number of nitrogens with zero attached hydrogens (tertiary/aromatic N) is 3. The first-order chi connectivity index (χ1) is 10.3. The van der Waals surface area contributed by atoms with Gasteiger partial charge in [-0.15, -0.1) is 0 Å². The molecule has 0 unspecified atom stereocenters. The first-order valence-corrected chi connectivity index (χ1v) is 8.58. The first kappa shape index (κ1) is 16.0. The third kappa shape index (κ3) is 4.85. The van der Waals surface area contributed by atoms with Gasteiger partial charge >= 0.3 is 0 Å². The van der Waals surface area contributed by atoms with Crippen LogP contribution < -0.4 is 5.32 Å². The molecule has 0 radical (unpaired) electrons. The fraction of sp³-hybridized carbons (Fsp3) is 0.308. The van der Waals surface area contributed by atoms with Gasteiger partial charge in [0.2, 0.25) is 0 Å². The number of nitrogens with one attached hydrogen (secondary N) is 1. The van der Waals surface area contributed by atoms with Crippen molar-refractivity contribution < 1.29 is 13.3 Å². The smallest absolute Gasteiger partial charge is 0.269 e. The molecule has 0 aliphatic rings. The predicted octanol–water partition coefficient (Wildman–Crippen LogP) is 1.45. The van der Waals surface area contributed by atoms with E-state index in [4.69, 9.17) is 0 Å². The highest BCUT2D eigenvalue weighted by Gasteiger charge is 2.07. The second-order valence-corrected chi connectivity index (χ2v) is 7.13. The largest absolute Gasteiger partial charge is 0.365 e. The molecular formula is C13H16N4O4S. The van der Waals surface area contributed by atoms with E-state index < -0.39 is 14.8 Å². The van der Waals surface area contributed by atoms with Crippen molar-refractivity contribution in [2.45, 2.75) is 13.1 Å². The van der Waals surface area contributed by atoms with Crippen molar-refractivity contribution in [2.75, 3.05) is 17.3 Å². The SMILES string of the molecule is CS(=O)(=O)CCn1ccc(NCc2cccc([N+](=O)[O-])c2)n1. The molecule has 0 saturated carbocycles. The van der Waals surface area contributed by atoms with Crippen LogP contribution in [-0.4, -0.2) is 35.1 Å². The number of aromatic nitrogens is 2. The maximum Gasteiger partial charge on any atom is 0.269 e. The molecule has 118 valence electrons. The van der Waals surface area contributed by atoms with E-state index in [1.165, 1.54) is 23.1 Å². The lowest BCUT2D eigenvalue weighted by Crippen LogP contribution is -2.11. The topological polar surface area (TPSA) is 107 Å². The summed E-state index contributed by atoms with van der Waals surface area (Å²) < 4.78 is 23.7. The molecular weight excluding hydrogens is 308 g/mol. The molecule has 0 atom stereocenters. The van der Waals surface area contributed by atoms with Gasteiger partial charge in [-0.1, -0.05) is 12.1 Å². The molecule has 1 aromatic carbocycles. The maximum atomic E-state index is 11.1. The van der Waals surface area contributed by atoms with Gasteiger partial charge in [-0.2, -0.15) is 5.10 Å². The molecule has 0 bridgehead atoms. The number of non-ortho nitro benzene ring substituents is 1. The monoisotopic (exact) mass is 324 g/mol. The molecule has 0 fully saturated rings. The van der Waals surface area contributed by atoms with Crippen molar-refractivity contribution in [1.29, 1.82) is 0 Å². The Morgan fingerprint density at radius 3 is 2.82 bits per heavy atom. The lowest BCUT2D eigenvalue weighted by atomic mass is 10.2. The van der Waals surface area contributed by atoms with Crippen molar-refractivity contribution in [3.63, 3.8) is 0 Å². The van der Waals surface area contributed by atoms with Crippen LogP contribution in [0.4, 0.5) is 11.5 Å². The van der Waals surface area contributed by atoms with E-state index in [2.05, 4.69) is 10.4 Å². The highest BCUT2D eigenvalue weighted by molar-refractivity contribution is 7.90. The third-order valence-corrected chi connectivity index (χ3v) is 3.85. The normalized spacial score (nSPS) is 11.3. The van der Waals surface area contributed by atoms with E-state index in [0.717, 1.165) is 5.56 Å². The minimum absolute atomic E-state index is 0.0268. The first-order valence-electron chi connectivity index (χ1n) is 6.52. The van der Waals surface area contributed by atoms with Gasteiger partial charge in [0.1, 0.15) is 15.7 Å². The second-order valence-electron chi connectivity index (χ2n) is 4.87. The third-order valence-electron chi connectivity index (χ3n) is 2.93. The molecule has 0 spiro atoms. The van der Waals surface area contributed by atoms with Crippen LogP contribution in [0.5, 0.6) is 0 Å². The molecule has 2 rings (SSSR count). The van der Waals surface area contributed by atoms with Gasteiger partial charge in [0.15, 0.2) is 0 Å². The highest BCUT2D eigenvalue weighted by atomic mass is 32.2. The van der Waals surface area contributed by atoms with Crippen molar-refractivity contribution in [3.8, 4) is 0 Å². The molecule has 0 amide bonds. The molecule has 22 heavy (non-hydrogen) atoms. The van der Waals surface area contributed by atoms with E-state index >= 15 is 0 Å². The van der Waals surface area contributed by atoms with Crippen LogP contribution in [0.3, 0.4) is 0 Å². The summed E-state index contributed by atoms with van der Waals surface area (Å²) in [5.41, 5.74) is 0.804. The van der Waals surface area contributed by atoms with Crippen LogP contribution in [0.1, 0.15) is 5.56 Å². The Bertz CT molecular complexity index is 770. The van der Waals surface area contributed by atoms with Crippen molar-refractivity contribution in [2.24, 2.45) is 0 Å². The Labute approximate surface area is 127 Å². The number of nitro benzene ring substituents is 1. The molecule has 0 aliphatic carbocycles. The summed E-state index contributed by atoms with van der Waals surface area (Å²) in [5, 5.41) is 17.9. The fourth-order valence-corrected chi connectivity index (χ4v) is 2.33. The lowest BCUT2D eigenvalue weighted by Gasteiger charge is -2.03. The van der Waals surface area contributed by atoms with Gasteiger partial charge in [-0.25, -0.2) is 8.42 Å². The molecule has 9 heteroatoms. The van der Waals surface area contributed by atoms with Crippen LogP contribution >= 0.6 is 0 Å². The van der Waals surface area contributed by atoms with E-state index in [0.29, 0.717) is 12.4 Å². The van der Waals surface area contributed by atoms with Crippen LogP contribution in [-0.2, 0) is 22.9 Å². The summed E-state index contributed by atoms with van der Waals surface area (Å²) in [4.78, 5) is 10.3. The van der Waals surface area contributed by atoms with E-state index in [9.17, 15) is 18.5 Å². The zero-order chi connectivity index (χ0) is 16.2. The number of hydrogen-bond acceptors (Lipinski definition) is 6. The second kappa shape index (κ2) is 6.56. The maximum absolute atomic E-state index is 11.1. The standard InChI is InChI=1S/C13H16N4O4S/c1-22(20,21)8-7-16-6-5-13(15-16)14-10-11-3-2-4-12(9-11)17(18)19/h2-6,9H,7-8,10H2,1H3,(H,14,15). The van der Waals surface area contributed by atoms with Gasteiger partial charge < -0.3 is 5.32 Å². The number of sulfone groups is 1. The number of hydrogen-bond donors (Lipinski definition) is 1. The Morgan fingerprint density at radius 1 is 1.36 bits per heavy atom. The van der Waals surface area contributed by atoms with Gasteiger partial charge in [0.25, 0.3) is 5.69 Å². The molecule has 1 aromatic heterocycles. The minimum atomic E-state index is -3.03. The Balaban J connectivity index is 1.93. The molecule has 2 aromatic rings. The zero-order valence-electron chi connectivity index (χ0n) is 12.0. The summed E-state index contributed by atoms with van der Waals surface area (Å²) in [5.74, 6) is 0.610. The van der Waals surface area contributed by atoms with Gasteiger partial charge in [0, 0.05) is 37.2 Å². The Hall–Kier alpha value is -2.42. The number of anilines is 1. The molecule has 1 heterocycles. The van der Waals surface area contributed by atoms with E-state index in [1.54, 1.807) is 24.4 Å². The number of aryl methyl sites for hydroxylation is 1. The van der Waals surface area contributed by atoms with Gasteiger partial charge in [-0.3, -0.25) is 14.8 Å². The fourth-order valence-electron chi connectivity index (χ4n) is 1.81. The lowest BCUT2D eigenvalue weighted by molar-refractivity contribution is -0.384. The quantitative estimate of drug-likeness (QED) is 0.610. The van der Waals surface area contributed by atoms with Crippen LogP contribution in [0.25, 0.3) is 0 Å². The van der Waals surface area contributed by atoms with Crippen molar-refractivity contribution in [1.82, 2.24) is 9.78 Å². The summed E-state index contributed by atoms with van der Waals surface area (Å²) >= 11 is 0. The summed E-state index contributed by atoms with van der Waals surface area (Å²) in [7, 11) is -3.03. The van der Waals surface area contributed by atoms with Crippen LogP contribution in [0.2, 0.25) is 0 Å². The van der Waals surface area contributed by atoms with E-state index in [-0.39, 0.29) is 18.0 Å². The summed E-state index contributed by atoms with van der Waals surface area (Å²) in [6.07, 6.45) is 2.86. The van der Waals surface area contributed by atoms with Crippen molar-refractivity contribution in [3.05, 3.63) is 52.2 Å². The summed E-state index contributed by atoms with van der Waals surface area (Å²) in [6, 6.07) is 8.05. The average Bonchev–Trinajstić information content (AvgIpc) is 2.90. The van der Waals surface area contributed by atoms with Gasteiger partial charge in [0.05, 0.1) is 17.2 Å². The zero-order valence-corrected chi connectivity index (χ0v) is 12.8. The average molecular weight is 324 g/mol. The molecule has 0 aliphatic heterocycles. The molecule has 8 nitrogen and oxygen atoms in total. The molecule has 1 N–H and O–H groups in total. The predicted molar refractivity (Wildman–Crippen MR) is 82.4 cm³/mol. The number of nitro groups is 1. The Kier molecular flexibility index (Phi) is 4.76.